The normalized spacial score (nSPS) is 31.7. The van der Waals surface area contributed by atoms with E-state index in [4.69, 9.17) is 37.9 Å². The van der Waals surface area contributed by atoms with Gasteiger partial charge in [-0.05, 0) is 0 Å². The molecule has 2 heterocycles. The summed E-state index contributed by atoms with van der Waals surface area (Å²) in [6, 6.07) is 9.11. The van der Waals surface area contributed by atoms with Crippen LogP contribution >= 0.6 is 0 Å². The molecule has 0 aromatic heterocycles. The van der Waals surface area contributed by atoms with E-state index in [1.165, 1.54) is 0 Å². The van der Waals surface area contributed by atoms with E-state index < -0.39 is 118 Å². The van der Waals surface area contributed by atoms with Crippen molar-refractivity contribution in [2.45, 2.75) is 94.7 Å². The summed E-state index contributed by atoms with van der Waals surface area (Å²) in [4.78, 5) is 60.2. The summed E-state index contributed by atoms with van der Waals surface area (Å²) >= 11 is -0.530. The zero-order valence-electron chi connectivity index (χ0n) is 24.7. The number of carbonyl (C=O) groups is 5. The van der Waals surface area contributed by atoms with Crippen molar-refractivity contribution in [1.82, 2.24) is 0 Å². The van der Waals surface area contributed by atoms with Crippen molar-refractivity contribution in [2.75, 3.05) is 13.2 Å². The van der Waals surface area contributed by atoms with Crippen LogP contribution in [0.25, 0.3) is 0 Å². The first-order valence-electron chi connectivity index (χ1n) is 13.6. The van der Waals surface area contributed by atoms with E-state index in [1.54, 1.807) is 0 Å². The van der Waals surface area contributed by atoms with Crippen LogP contribution in [0.2, 0.25) is 0 Å². The van der Waals surface area contributed by atoms with Crippen LogP contribution in [-0.2, 0) is 61.9 Å². The predicted octanol–water partition coefficient (Wildman–Crippen LogP) is -1.51. The fourth-order valence-corrected chi connectivity index (χ4v) is 7.06. The molecule has 10 atom stereocenters. The van der Waals surface area contributed by atoms with E-state index in [1.807, 2.05) is 30.3 Å². The van der Waals surface area contributed by atoms with Crippen LogP contribution in [0, 0.1) is 0 Å². The molecule has 2 aliphatic rings. The van der Waals surface area contributed by atoms with Crippen molar-refractivity contribution in [1.29, 1.82) is 0 Å². The number of esters is 5. The first-order chi connectivity index (χ1) is 20.8. The molecule has 0 aliphatic carbocycles. The zero-order chi connectivity index (χ0) is 32.6. The second kappa shape index (κ2) is 16.3. The van der Waals surface area contributed by atoms with Crippen molar-refractivity contribution in [3.8, 4) is 0 Å². The Labute approximate surface area is 259 Å². The summed E-state index contributed by atoms with van der Waals surface area (Å²) in [6.07, 6.45) is -13.0. The van der Waals surface area contributed by atoms with E-state index in [9.17, 15) is 34.2 Å². The summed E-state index contributed by atoms with van der Waals surface area (Å²) in [5.74, 6) is -3.93. The molecule has 2 N–H and O–H groups in total. The van der Waals surface area contributed by atoms with Gasteiger partial charge in [-0.2, -0.15) is 0 Å². The minimum atomic E-state index is -1.67. The SMILES string of the molecule is CC(=O)OC[C@H]1O[C@@H](O[C@H]2[C@H](O)[C@@H](CO)O[C@@H]([Se]c3ccccc3)[C@@H]2OC(C)=O)[C@H](OC(C)=O)[C@@H](OC(C)=O)[C@@H]1OC(C)=O. The number of aliphatic hydroxyl groups excluding tert-OH is 2. The van der Waals surface area contributed by atoms with Gasteiger partial charge in [0.2, 0.25) is 0 Å². The summed E-state index contributed by atoms with van der Waals surface area (Å²) in [5.41, 5.74) is 0. The van der Waals surface area contributed by atoms with Crippen molar-refractivity contribution < 1.29 is 72.1 Å². The van der Waals surface area contributed by atoms with Crippen molar-refractivity contribution in [3.05, 3.63) is 30.3 Å². The minimum absolute atomic E-state index is 0.500. The van der Waals surface area contributed by atoms with Gasteiger partial charge < -0.3 is 0 Å². The second-order valence-corrected chi connectivity index (χ2v) is 12.3. The quantitative estimate of drug-likeness (QED) is 0.154. The second-order valence-electron chi connectivity index (χ2n) is 9.89. The summed E-state index contributed by atoms with van der Waals surface area (Å²) in [6.45, 7) is 4.39. The average Bonchev–Trinajstić information content (AvgIpc) is 2.93. The third-order valence-electron chi connectivity index (χ3n) is 6.34. The van der Waals surface area contributed by atoms with Gasteiger partial charge in [-0.25, -0.2) is 0 Å². The van der Waals surface area contributed by atoms with Gasteiger partial charge in [0.25, 0.3) is 0 Å². The van der Waals surface area contributed by atoms with Gasteiger partial charge in [-0.1, -0.05) is 0 Å². The van der Waals surface area contributed by atoms with Crippen LogP contribution in [0.15, 0.2) is 30.3 Å². The molecule has 244 valence electrons. The van der Waals surface area contributed by atoms with E-state index in [2.05, 4.69) is 0 Å². The van der Waals surface area contributed by atoms with Crippen LogP contribution in [0.5, 0.6) is 0 Å². The predicted molar refractivity (Wildman–Crippen MR) is 146 cm³/mol. The molecule has 0 saturated carbocycles. The molecule has 1 aromatic carbocycles. The number of benzene rings is 1. The third-order valence-corrected chi connectivity index (χ3v) is 8.76. The van der Waals surface area contributed by atoms with Crippen LogP contribution in [0.1, 0.15) is 34.6 Å². The molecule has 0 bridgehead atoms. The maximum absolute atomic E-state index is 12.2. The van der Waals surface area contributed by atoms with E-state index >= 15 is 0 Å². The molecule has 44 heavy (non-hydrogen) atoms. The summed E-state index contributed by atoms with van der Waals surface area (Å²) in [7, 11) is 0. The van der Waals surface area contributed by atoms with E-state index in [-0.39, 0.29) is 0 Å². The van der Waals surface area contributed by atoms with E-state index in [0.29, 0.717) is 0 Å². The molecule has 0 spiro atoms. The number of carbonyl (C=O) groups excluding carboxylic acids is 5. The van der Waals surface area contributed by atoms with Crippen LogP contribution in [0.3, 0.4) is 0 Å². The van der Waals surface area contributed by atoms with Gasteiger partial charge in [0.1, 0.15) is 0 Å². The number of ether oxygens (including phenoxy) is 8. The standard InChI is InChI=1S/C28H36O15Se/c1-13(30)36-12-20-22(37-14(2)31)24(38-15(3)32)25(39-16(4)33)27(41-20)43-23-21(35)19(11-29)42-28(26(23)40-17(5)34)44-18-9-7-6-8-10-18/h6-10,19-29,35H,11-12H2,1-5H3/t19-,20-,21-,22-,23+,24+,25-,26-,27+,28+/m1/s1. The molecule has 0 radical (unpaired) electrons. The first-order valence-corrected chi connectivity index (χ1v) is 15.4. The van der Waals surface area contributed by atoms with Gasteiger partial charge >= 0.3 is 260 Å². The Kier molecular flexibility index (Phi) is 13.1. The monoisotopic (exact) mass is 692 g/mol. The number of aliphatic hydroxyl groups is 2. The van der Waals surface area contributed by atoms with Crippen LogP contribution in [-0.4, -0.2) is 128 Å². The Morgan fingerprint density at radius 1 is 0.705 bits per heavy atom. The first kappa shape index (κ1) is 35.4. The summed E-state index contributed by atoms with van der Waals surface area (Å²) in [5, 5.41) is 20.4. The topological polar surface area (TPSA) is 200 Å². The molecule has 2 fully saturated rings. The molecule has 3 rings (SSSR count). The van der Waals surface area contributed by atoms with Gasteiger partial charge in [0.15, 0.2) is 0 Å². The zero-order valence-corrected chi connectivity index (χ0v) is 26.4. The number of hydrogen-bond acceptors (Lipinski definition) is 15. The molecular formula is C28H36O15Se. The van der Waals surface area contributed by atoms with Gasteiger partial charge in [-0.15, -0.1) is 0 Å². The molecule has 16 heteroatoms. The Bertz CT molecular complexity index is 1160. The molecule has 2 aliphatic heterocycles. The van der Waals surface area contributed by atoms with Crippen molar-refractivity contribution >= 4 is 49.3 Å². The molecule has 0 unspecified atom stereocenters. The fraction of sp³-hybridized carbons (Fsp3) is 0.607. The van der Waals surface area contributed by atoms with Crippen molar-refractivity contribution in [2.24, 2.45) is 0 Å². The molecule has 1 aromatic rings. The van der Waals surface area contributed by atoms with Crippen molar-refractivity contribution in [3.63, 3.8) is 0 Å². The number of rotatable bonds is 11. The molecule has 2 saturated heterocycles. The third kappa shape index (κ3) is 9.69. The Morgan fingerprint density at radius 2 is 1.25 bits per heavy atom. The Hall–Kier alpha value is -3.11. The molecule has 0 amide bonds. The van der Waals surface area contributed by atoms with Gasteiger partial charge in [0.05, 0.1) is 0 Å². The van der Waals surface area contributed by atoms with Gasteiger partial charge in [-0.3, -0.25) is 0 Å². The van der Waals surface area contributed by atoms with Gasteiger partial charge in [0, 0.05) is 0 Å². The molecular weight excluding hydrogens is 655 g/mol. The van der Waals surface area contributed by atoms with E-state index in [0.717, 1.165) is 39.1 Å². The average molecular weight is 692 g/mol. The maximum atomic E-state index is 12.2. The molecule has 15 nitrogen and oxygen atoms in total. The number of hydrogen-bond donors (Lipinski definition) is 2. The summed E-state index contributed by atoms with van der Waals surface area (Å²) < 4.78 is 45.9. The van der Waals surface area contributed by atoms with Crippen LogP contribution in [0.4, 0.5) is 0 Å². The Morgan fingerprint density at radius 3 is 1.80 bits per heavy atom. The Balaban J connectivity index is 2.06. The fourth-order valence-electron chi connectivity index (χ4n) is 4.70. The van der Waals surface area contributed by atoms with Crippen LogP contribution < -0.4 is 4.46 Å².